The first-order chi connectivity index (χ1) is 9.56. The Morgan fingerprint density at radius 2 is 1.65 bits per heavy atom. The van der Waals surface area contributed by atoms with E-state index < -0.39 is 10.7 Å². The smallest absolute Gasteiger partial charge is 0.274 e. The molecule has 0 atom stereocenters. The lowest BCUT2D eigenvalue weighted by Crippen LogP contribution is -2.14. The molecule has 0 spiro atoms. The fourth-order valence-corrected chi connectivity index (χ4v) is 1.82. The molecule has 0 aliphatic heterocycles. The number of benzene rings is 2. The molecular weight excluding hydrogens is 266 g/mol. The van der Waals surface area contributed by atoms with Crippen molar-refractivity contribution in [3.8, 4) is 0 Å². The highest BCUT2D eigenvalue weighted by atomic mass is 19.1. The number of nitrogens with zero attached hydrogens (tertiary/aromatic N) is 1. The van der Waals surface area contributed by atoms with Gasteiger partial charge in [-0.05, 0) is 29.8 Å². The maximum Gasteiger partial charge on any atom is 0.274 e. The summed E-state index contributed by atoms with van der Waals surface area (Å²) in [6.07, 6.45) is 0. The van der Waals surface area contributed by atoms with Gasteiger partial charge < -0.3 is 5.32 Å². The van der Waals surface area contributed by atoms with Crippen molar-refractivity contribution in [1.29, 1.82) is 0 Å². The van der Waals surface area contributed by atoms with Crippen LogP contribution in [-0.2, 0) is 13.1 Å². The maximum absolute atomic E-state index is 13.1. The summed E-state index contributed by atoms with van der Waals surface area (Å²) in [4.78, 5) is 10.3. The first-order valence-electron chi connectivity index (χ1n) is 5.94. The molecule has 0 unspecified atom stereocenters. The predicted molar refractivity (Wildman–Crippen MR) is 70.0 cm³/mol. The Labute approximate surface area is 114 Å². The number of halogens is 2. The Balaban J connectivity index is 2.02. The van der Waals surface area contributed by atoms with Crippen molar-refractivity contribution in [3.63, 3.8) is 0 Å². The van der Waals surface area contributed by atoms with Gasteiger partial charge in [-0.1, -0.05) is 12.1 Å². The van der Waals surface area contributed by atoms with E-state index in [1.165, 1.54) is 12.1 Å². The van der Waals surface area contributed by atoms with Crippen LogP contribution in [0.4, 0.5) is 14.5 Å². The molecular formula is C14H12F2N2O2. The summed E-state index contributed by atoms with van der Waals surface area (Å²) >= 11 is 0. The number of rotatable bonds is 5. The van der Waals surface area contributed by atoms with Crippen LogP contribution in [0.3, 0.4) is 0 Å². The molecule has 0 radical (unpaired) electrons. The number of hydrogen-bond donors (Lipinski definition) is 1. The van der Waals surface area contributed by atoms with E-state index in [4.69, 9.17) is 0 Å². The van der Waals surface area contributed by atoms with E-state index in [2.05, 4.69) is 5.32 Å². The Morgan fingerprint density at radius 3 is 2.30 bits per heavy atom. The molecule has 0 aliphatic carbocycles. The highest BCUT2D eigenvalue weighted by Gasteiger charge is 2.13. The van der Waals surface area contributed by atoms with Crippen molar-refractivity contribution in [2.24, 2.45) is 0 Å². The summed E-state index contributed by atoms with van der Waals surface area (Å²) in [5.74, 6) is -0.844. The highest BCUT2D eigenvalue weighted by Crippen LogP contribution is 2.19. The third kappa shape index (κ3) is 3.58. The quantitative estimate of drug-likeness (QED) is 0.675. The normalized spacial score (nSPS) is 10.5. The van der Waals surface area contributed by atoms with Crippen LogP contribution in [0.2, 0.25) is 0 Å². The summed E-state index contributed by atoms with van der Waals surface area (Å²) in [5.41, 5.74) is 0.987. The molecule has 20 heavy (non-hydrogen) atoms. The van der Waals surface area contributed by atoms with Crippen LogP contribution in [-0.4, -0.2) is 4.92 Å². The van der Waals surface area contributed by atoms with E-state index >= 15 is 0 Å². The Hall–Kier alpha value is -2.34. The zero-order valence-electron chi connectivity index (χ0n) is 10.5. The monoisotopic (exact) mass is 278 g/mol. The van der Waals surface area contributed by atoms with E-state index in [0.29, 0.717) is 6.54 Å². The van der Waals surface area contributed by atoms with Crippen LogP contribution in [0.1, 0.15) is 11.1 Å². The van der Waals surface area contributed by atoms with Crippen molar-refractivity contribution < 1.29 is 13.7 Å². The summed E-state index contributed by atoms with van der Waals surface area (Å²) < 4.78 is 25.8. The number of nitro groups is 1. The molecule has 0 saturated carbocycles. The minimum Gasteiger partial charge on any atom is -0.308 e. The van der Waals surface area contributed by atoms with Gasteiger partial charge in [0.1, 0.15) is 11.6 Å². The average Bonchev–Trinajstić information content (AvgIpc) is 2.41. The van der Waals surface area contributed by atoms with Gasteiger partial charge in [0, 0.05) is 24.7 Å². The lowest BCUT2D eigenvalue weighted by molar-refractivity contribution is -0.385. The highest BCUT2D eigenvalue weighted by molar-refractivity contribution is 5.40. The van der Waals surface area contributed by atoms with E-state index in [-0.39, 0.29) is 23.6 Å². The van der Waals surface area contributed by atoms with E-state index in [9.17, 15) is 18.9 Å². The minimum atomic E-state index is -0.547. The largest absolute Gasteiger partial charge is 0.308 e. The van der Waals surface area contributed by atoms with Crippen molar-refractivity contribution in [3.05, 3.63) is 75.3 Å². The van der Waals surface area contributed by atoms with Gasteiger partial charge in [0.2, 0.25) is 0 Å². The van der Waals surface area contributed by atoms with Crippen LogP contribution in [0, 0.1) is 21.7 Å². The summed E-state index contributed by atoms with van der Waals surface area (Å²) in [6, 6.07) is 9.23. The van der Waals surface area contributed by atoms with Crippen LogP contribution < -0.4 is 5.32 Å². The lowest BCUT2D eigenvalue weighted by atomic mass is 10.1. The van der Waals surface area contributed by atoms with Crippen molar-refractivity contribution >= 4 is 5.69 Å². The summed E-state index contributed by atoms with van der Waals surface area (Å²) in [7, 11) is 0. The zero-order valence-corrected chi connectivity index (χ0v) is 10.5. The molecule has 0 heterocycles. The number of nitrogens with one attached hydrogen (secondary N) is 1. The maximum atomic E-state index is 13.1. The summed E-state index contributed by atoms with van der Waals surface area (Å²) in [5, 5.41) is 13.8. The SMILES string of the molecule is O=[N+]([O-])c1ccc(F)cc1CNCc1ccc(F)cc1. The molecule has 0 aromatic heterocycles. The van der Waals surface area contributed by atoms with Gasteiger partial charge in [0.05, 0.1) is 4.92 Å². The fourth-order valence-electron chi connectivity index (χ4n) is 1.82. The predicted octanol–water partition coefficient (Wildman–Crippen LogP) is 3.16. The molecule has 4 nitrogen and oxygen atoms in total. The first kappa shape index (κ1) is 14.1. The van der Waals surface area contributed by atoms with Crippen LogP contribution in [0.5, 0.6) is 0 Å². The molecule has 1 N–H and O–H groups in total. The first-order valence-corrected chi connectivity index (χ1v) is 5.94. The average molecular weight is 278 g/mol. The second-order valence-corrected chi connectivity index (χ2v) is 4.26. The molecule has 0 fully saturated rings. The van der Waals surface area contributed by atoms with Crippen molar-refractivity contribution in [2.45, 2.75) is 13.1 Å². The lowest BCUT2D eigenvalue weighted by Gasteiger charge is -2.06. The molecule has 2 aromatic rings. The van der Waals surface area contributed by atoms with Crippen LogP contribution >= 0.6 is 0 Å². The Bertz CT molecular complexity index is 615. The van der Waals surface area contributed by atoms with Gasteiger partial charge in [-0.2, -0.15) is 0 Å². The van der Waals surface area contributed by atoms with Crippen LogP contribution in [0.15, 0.2) is 42.5 Å². The molecule has 6 heteroatoms. The second-order valence-electron chi connectivity index (χ2n) is 4.26. The van der Waals surface area contributed by atoms with Crippen molar-refractivity contribution in [1.82, 2.24) is 5.32 Å². The minimum absolute atomic E-state index is 0.127. The zero-order chi connectivity index (χ0) is 14.5. The molecule has 2 aromatic carbocycles. The number of hydrogen-bond acceptors (Lipinski definition) is 3. The van der Waals surface area contributed by atoms with E-state index in [1.54, 1.807) is 12.1 Å². The molecule has 0 amide bonds. The van der Waals surface area contributed by atoms with Gasteiger partial charge in [-0.3, -0.25) is 10.1 Å². The molecule has 2 rings (SSSR count). The third-order valence-electron chi connectivity index (χ3n) is 2.80. The van der Waals surface area contributed by atoms with Gasteiger partial charge >= 0.3 is 0 Å². The molecule has 104 valence electrons. The second kappa shape index (κ2) is 6.21. The van der Waals surface area contributed by atoms with E-state index in [1.807, 2.05) is 0 Å². The molecule has 0 saturated heterocycles. The summed E-state index contributed by atoms with van der Waals surface area (Å²) in [6.45, 7) is 0.569. The fraction of sp³-hybridized carbons (Fsp3) is 0.143. The standard InChI is InChI=1S/C14H12F2N2O2/c15-12-3-1-10(2-4-12)8-17-9-11-7-13(16)5-6-14(11)18(19)20/h1-7,17H,8-9H2. The Kier molecular flexibility index (Phi) is 4.37. The van der Waals surface area contributed by atoms with Gasteiger partial charge in [0.25, 0.3) is 5.69 Å². The van der Waals surface area contributed by atoms with Gasteiger partial charge in [-0.15, -0.1) is 0 Å². The molecule has 0 aliphatic rings. The van der Waals surface area contributed by atoms with Crippen LogP contribution in [0.25, 0.3) is 0 Å². The Morgan fingerprint density at radius 1 is 1.00 bits per heavy atom. The molecule has 0 bridgehead atoms. The van der Waals surface area contributed by atoms with E-state index in [0.717, 1.165) is 23.8 Å². The van der Waals surface area contributed by atoms with Gasteiger partial charge in [-0.25, -0.2) is 8.78 Å². The van der Waals surface area contributed by atoms with Crippen molar-refractivity contribution in [2.75, 3.05) is 0 Å². The topological polar surface area (TPSA) is 55.2 Å². The number of nitro benzene ring substituents is 1. The van der Waals surface area contributed by atoms with Gasteiger partial charge in [0.15, 0.2) is 0 Å². The third-order valence-corrected chi connectivity index (χ3v) is 2.80.